The number of nitrogens with one attached hydrogen (secondary N) is 1. The quantitative estimate of drug-likeness (QED) is 0.516. The Balaban J connectivity index is 1.48. The Morgan fingerprint density at radius 2 is 1.75 bits per heavy atom. The van der Waals surface area contributed by atoms with E-state index < -0.39 is 0 Å². The molecule has 1 saturated heterocycles. The predicted octanol–water partition coefficient (Wildman–Crippen LogP) is 3.61. The third kappa shape index (κ3) is 7.74. The molecule has 0 radical (unpaired) electrons. The van der Waals surface area contributed by atoms with Gasteiger partial charge in [0.15, 0.2) is 11.5 Å². The molecule has 0 spiro atoms. The fourth-order valence-corrected chi connectivity index (χ4v) is 3.58. The average Bonchev–Trinajstić information content (AvgIpc) is 2.80. The van der Waals surface area contributed by atoms with Crippen LogP contribution in [0.2, 0.25) is 5.02 Å². The number of morpholine rings is 1. The van der Waals surface area contributed by atoms with Crippen LogP contribution in [-0.2, 0) is 11.3 Å². The second-order valence-electron chi connectivity index (χ2n) is 7.94. The average molecular weight is 464 g/mol. The van der Waals surface area contributed by atoms with Crippen molar-refractivity contribution >= 4 is 17.3 Å². The van der Waals surface area contributed by atoms with Gasteiger partial charge in [-0.05, 0) is 43.9 Å². The minimum absolute atomic E-state index is 0.607. The SMILES string of the molecule is COc1cc(NCc2ccc(OCCN3CCOCC3)c(Cl)c2)ccc1OCCN(C)C. The van der Waals surface area contributed by atoms with Crippen LogP contribution in [0.15, 0.2) is 36.4 Å². The topological polar surface area (TPSA) is 55.4 Å². The number of rotatable bonds is 12. The minimum atomic E-state index is 0.607. The van der Waals surface area contributed by atoms with E-state index >= 15 is 0 Å². The monoisotopic (exact) mass is 463 g/mol. The van der Waals surface area contributed by atoms with E-state index in [1.807, 2.05) is 50.5 Å². The fraction of sp³-hybridized carbons (Fsp3) is 0.500. The van der Waals surface area contributed by atoms with Gasteiger partial charge < -0.3 is 29.2 Å². The van der Waals surface area contributed by atoms with Crippen molar-refractivity contribution in [1.29, 1.82) is 0 Å². The molecule has 3 rings (SSSR count). The number of hydrogen-bond acceptors (Lipinski definition) is 7. The first-order chi connectivity index (χ1) is 15.5. The molecule has 0 amide bonds. The largest absolute Gasteiger partial charge is 0.493 e. The number of halogens is 1. The maximum absolute atomic E-state index is 6.45. The molecule has 1 heterocycles. The molecule has 0 unspecified atom stereocenters. The van der Waals surface area contributed by atoms with Crippen molar-refractivity contribution in [2.75, 3.05) is 79.1 Å². The summed E-state index contributed by atoms with van der Waals surface area (Å²) >= 11 is 6.45. The summed E-state index contributed by atoms with van der Waals surface area (Å²) in [4.78, 5) is 4.41. The molecular formula is C24H34ClN3O4. The second-order valence-corrected chi connectivity index (χ2v) is 8.35. The van der Waals surface area contributed by atoms with Crippen molar-refractivity contribution in [3.8, 4) is 17.2 Å². The summed E-state index contributed by atoms with van der Waals surface area (Å²) in [5.74, 6) is 2.15. The van der Waals surface area contributed by atoms with Crippen LogP contribution in [-0.4, -0.2) is 83.6 Å². The van der Waals surface area contributed by atoms with Gasteiger partial charge in [0.2, 0.25) is 0 Å². The van der Waals surface area contributed by atoms with Crippen molar-refractivity contribution in [3.63, 3.8) is 0 Å². The highest BCUT2D eigenvalue weighted by atomic mass is 35.5. The smallest absolute Gasteiger partial charge is 0.162 e. The summed E-state index contributed by atoms with van der Waals surface area (Å²) in [6.07, 6.45) is 0. The lowest BCUT2D eigenvalue weighted by Crippen LogP contribution is -2.38. The van der Waals surface area contributed by atoms with Crippen LogP contribution < -0.4 is 19.5 Å². The Labute approximate surface area is 196 Å². The number of anilines is 1. The first-order valence-electron chi connectivity index (χ1n) is 11.0. The predicted molar refractivity (Wildman–Crippen MR) is 129 cm³/mol. The molecular weight excluding hydrogens is 430 g/mol. The Morgan fingerprint density at radius 3 is 2.47 bits per heavy atom. The molecule has 1 aliphatic rings. The molecule has 2 aromatic carbocycles. The third-order valence-electron chi connectivity index (χ3n) is 5.22. The molecule has 1 fully saturated rings. The van der Waals surface area contributed by atoms with Gasteiger partial charge in [0.05, 0.1) is 25.3 Å². The second kappa shape index (κ2) is 12.7. The molecule has 176 valence electrons. The van der Waals surface area contributed by atoms with Gasteiger partial charge in [-0.1, -0.05) is 17.7 Å². The summed E-state index contributed by atoms with van der Waals surface area (Å²) in [6.45, 7) is 7.07. The van der Waals surface area contributed by atoms with E-state index in [1.165, 1.54) is 0 Å². The van der Waals surface area contributed by atoms with E-state index in [9.17, 15) is 0 Å². The van der Waals surface area contributed by atoms with Gasteiger partial charge in [0.1, 0.15) is 19.0 Å². The summed E-state index contributed by atoms with van der Waals surface area (Å²) in [7, 11) is 5.68. The number of methoxy groups -OCH3 is 1. The molecule has 8 heteroatoms. The maximum Gasteiger partial charge on any atom is 0.162 e. The summed E-state index contributed by atoms with van der Waals surface area (Å²) in [5.41, 5.74) is 2.02. The van der Waals surface area contributed by atoms with Crippen molar-refractivity contribution < 1.29 is 18.9 Å². The molecule has 0 aliphatic carbocycles. The van der Waals surface area contributed by atoms with E-state index in [4.69, 9.17) is 30.5 Å². The molecule has 7 nitrogen and oxygen atoms in total. The Morgan fingerprint density at radius 1 is 1.00 bits per heavy atom. The fourth-order valence-electron chi connectivity index (χ4n) is 3.32. The normalized spacial score (nSPS) is 14.4. The van der Waals surface area contributed by atoms with Crippen molar-refractivity contribution in [2.45, 2.75) is 6.54 Å². The number of hydrogen-bond donors (Lipinski definition) is 1. The molecule has 0 saturated carbocycles. The molecule has 2 aromatic rings. The van der Waals surface area contributed by atoms with Crippen LogP contribution in [0.3, 0.4) is 0 Å². The molecule has 32 heavy (non-hydrogen) atoms. The Hall–Kier alpha value is -2.19. The zero-order valence-corrected chi connectivity index (χ0v) is 20.0. The minimum Gasteiger partial charge on any atom is -0.493 e. The van der Waals surface area contributed by atoms with Crippen LogP contribution in [0.4, 0.5) is 5.69 Å². The van der Waals surface area contributed by atoms with E-state index in [0.29, 0.717) is 36.3 Å². The zero-order valence-electron chi connectivity index (χ0n) is 19.2. The molecule has 1 aliphatic heterocycles. The van der Waals surface area contributed by atoms with E-state index in [-0.39, 0.29) is 0 Å². The number of benzene rings is 2. The van der Waals surface area contributed by atoms with Gasteiger partial charge in [-0.3, -0.25) is 4.90 Å². The van der Waals surface area contributed by atoms with Crippen LogP contribution in [0.5, 0.6) is 17.2 Å². The van der Waals surface area contributed by atoms with E-state index in [1.54, 1.807) is 7.11 Å². The Kier molecular flexibility index (Phi) is 9.74. The van der Waals surface area contributed by atoms with E-state index in [0.717, 1.165) is 56.4 Å². The number of nitrogens with zero attached hydrogens (tertiary/aromatic N) is 2. The van der Waals surface area contributed by atoms with Crippen molar-refractivity contribution in [2.24, 2.45) is 0 Å². The lowest BCUT2D eigenvalue weighted by atomic mass is 10.2. The van der Waals surface area contributed by atoms with Gasteiger partial charge in [-0.15, -0.1) is 0 Å². The van der Waals surface area contributed by atoms with Gasteiger partial charge in [-0.25, -0.2) is 0 Å². The zero-order chi connectivity index (χ0) is 22.8. The van der Waals surface area contributed by atoms with Crippen molar-refractivity contribution in [1.82, 2.24) is 9.80 Å². The summed E-state index contributed by atoms with van der Waals surface area (Å²) < 4.78 is 22.6. The van der Waals surface area contributed by atoms with Gasteiger partial charge >= 0.3 is 0 Å². The lowest BCUT2D eigenvalue weighted by molar-refractivity contribution is 0.0322. The highest BCUT2D eigenvalue weighted by molar-refractivity contribution is 6.32. The van der Waals surface area contributed by atoms with Gasteiger partial charge in [0.25, 0.3) is 0 Å². The highest BCUT2D eigenvalue weighted by Crippen LogP contribution is 2.31. The van der Waals surface area contributed by atoms with Gasteiger partial charge in [-0.2, -0.15) is 0 Å². The highest BCUT2D eigenvalue weighted by Gasteiger charge is 2.11. The molecule has 0 bridgehead atoms. The van der Waals surface area contributed by atoms with E-state index in [2.05, 4.69) is 15.1 Å². The lowest BCUT2D eigenvalue weighted by Gasteiger charge is -2.26. The number of likely N-dealkylation sites (N-methyl/N-ethyl adjacent to an activating group) is 1. The molecule has 0 atom stereocenters. The summed E-state index contributed by atoms with van der Waals surface area (Å²) in [6, 6.07) is 11.7. The van der Waals surface area contributed by atoms with Gasteiger partial charge in [0, 0.05) is 44.5 Å². The Bertz CT molecular complexity index is 844. The standard InChI is InChI=1S/C24H34ClN3O4/c1-27(2)8-14-32-23-7-5-20(17-24(23)29-3)26-18-19-4-6-22(21(25)16-19)31-15-11-28-9-12-30-13-10-28/h4-7,16-17,26H,8-15,18H2,1-3H3. The first-order valence-corrected chi connectivity index (χ1v) is 11.3. The van der Waals surface area contributed by atoms with Crippen LogP contribution in [0.1, 0.15) is 5.56 Å². The summed E-state index contributed by atoms with van der Waals surface area (Å²) in [5, 5.41) is 4.03. The maximum atomic E-state index is 6.45. The van der Waals surface area contributed by atoms with Crippen LogP contribution >= 0.6 is 11.6 Å². The van der Waals surface area contributed by atoms with Crippen molar-refractivity contribution in [3.05, 3.63) is 47.0 Å². The number of ether oxygens (including phenoxy) is 4. The van der Waals surface area contributed by atoms with Crippen LogP contribution in [0.25, 0.3) is 0 Å². The van der Waals surface area contributed by atoms with Crippen LogP contribution in [0, 0.1) is 0 Å². The molecule has 0 aromatic heterocycles. The third-order valence-corrected chi connectivity index (χ3v) is 5.52. The molecule has 1 N–H and O–H groups in total. The first kappa shape index (κ1) is 24.5.